The SMILES string of the molecule is C=C1C[C@@H]2CC[C@@]34C[C@H]5OC6C(O3)[C@H]3O[C@H](CC[C@@H]3O[C@H]6C5O4)CC(=O)O[C@@H]3[C@@H](C)[C@@H]4O[C@H](CC(=O)CC5CCC[C@H](O[C@H]6CC[C@@H](CO)O[C@H]6[C@@H](C)CC)O5)[C@H](O)C[C@@H]4O[C@H]3C[C@H]3O[C@@H](CC[C@@H]1O2)C[C@@H](C)C3=C. The van der Waals surface area contributed by atoms with Gasteiger partial charge in [-0.1, -0.05) is 47.3 Å². The number of rotatable bonds is 9. The van der Waals surface area contributed by atoms with E-state index in [2.05, 4.69) is 33.9 Å². The Morgan fingerprint density at radius 2 is 1.47 bits per heavy atom. The molecule has 27 atom stereocenters. The maximum Gasteiger partial charge on any atom is 0.308 e. The van der Waals surface area contributed by atoms with E-state index in [1.807, 2.05) is 6.92 Å². The molecule has 420 valence electrons. The molecule has 13 rings (SSSR count). The van der Waals surface area contributed by atoms with Gasteiger partial charge in [0.05, 0.1) is 111 Å². The maximum atomic E-state index is 14.4. The van der Waals surface area contributed by atoms with Crippen molar-refractivity contribution < 1.29 is 81.4 Å². The first-order valence-corrected chi connectivity index (χ1v) is 29.5. The first-order valence-electron chi connectivity index (χ1n) is 29.5. The number of hydrogen-bond donors (Lipinski definition) is 2. The predicted octanol–water partition coefficient (Wildman–Crippen LogP) is 6.42. The fourth-order valence-corrected chi connectivity index (χ4v) is 15.5. The second-order valence-electron chi connectivity index (χ2n) is 25.1. The number of aliphatic hydroxyl groups excluding tert-OH is 2. The van der Waals surface area contributed by atoms with E-state index in [1.54, 1.807) is 0 Å². The van der Waals surface area contributed by atoms with Crippen LogP contribution in [0.1, 0.15) is 156 Å². The Morgan fingerprint density at radius 3 is 2.31 bits per heavy atom. The summed E-state index contributed by atoms with van der Waals surface area (Å²) in [5, 5.41) is 21.5. The Balaban J connectivity index is 0.735. The molecule has 17 nitrogen and oxygen atoms in total. The summed E-state index contributed by atoms with van der Waals surface area (Å²) in [6.45, 7) is 17.5. The highest BCUT2D eigenvalue weighted by molar-refractivity contribution is 5.79. The number of hydrogen-bond acceptors (Lipinski definition) is 17. The van der Waals surface area contributed by atoms with E-state index < -0.39 is 73.0 Å². The largest absolute Gasteiger partial charge is 0.459 e. The number of aliphatic hydroxyl groups is 2. The third-order valence-corrected chi connectivity index (χ3v) is 19.8. The molecule has 0 aromatic carbocycles. The first kappa shape index (κ1) is 53.7. The summed E-state index contributed by atoms with van der Waals surface area (Å²) >= 11 is 0. The van der Waals surface area contributed by atoms with Crippen LogP contribution in [-0.2, 0) is 71.2 Å². The number of fused-ring (bicyclic) bond motifs is 7. The van der Waals surface area contributed by atoms with Crippen LogP contribution in [0.4, 0.5) is 0 Å². The number of carbonyl (C=O) groups is 2. The predicted molar refractivity (Wildman–Crippen MR) is 267 cm³/mol. The van der Waals surface area contributed by atoms with E-state index >= 15 is 0 Å². The Morgan fingerprint density at radius 1 is 0.693 bits per heavy atom. The zero-order valence-corrected chi connectivity index (χ0v) is 44.8. The van der Waals surface area contributed by atoms with Crippen LogP contribution < -0.4 is 0 Å². The van der Waals surface area contributed by atoms with Gasteiger partial charge in [0.1, 0.15) is 42.4 Å². The molecular formula is C58H86O17. The molecule has 75 heavy (non-hydrogen) atoms. The molecule has 0 aromatic rings. The normalized spacial score (nSPS) is 51.3. The fourth-order valence-electron chi connectivity index (χ4n) is 15.5. The van der Waals surface area contributed by atoms with Gasteiger partial charge in [0, 0.05) is 44.4 Å². The zero-order chi connectivity index (χ0) is 51.9. The van der Waals surface area contributed by atoms with Crippen LogP contribution in [0.2, 0.25) is 0 Å². The molecular weight excluding hydrogens is 969 g/mol. The standard InChI is InChI=1S/C58H86O17/c1-7-28(2)50-41(16-13-38(27-59)67-50)69-49-10-8-9-34(65-49)21-33(60)22-44-39(61)24-45-51(71-44)32(6)52-46(68-45)25-43-31(5)29(3)19-35(64-43)11-14-40-30(4)20-37(63-40)17-18-58-26-47-54(74-58)55-56(72-47)57(75-58)53-42(70-55)15-12-36(66-53)23-48(62)73-52/h28-29,32,34-47,49-57,59,61H,4-5,7-27H2,1-3,6H3/t28-,29+,32-,34?,35-,36+,37-,38-,39+,40-,41-,42-,43+,44+,45-,46-,47+,49-,50-,51-,52+,53-,54?,55-,56?,57?,58-/m0/s1. The first-order chi connectivity index (χ1) is 36.2. The number of ketones is 1. The highest BCUT2D eigenvalue weighted by Crippen LogP contribution is 2.55. The topological polar surface area (TPSA) is 195 Å². The van der Waals surface area contributed by atoms with Crippen LogP contribution >= 0.6 is 0 Å². The molecule has 1 spiro atoms. The number of ether oxygens (including phenoxy) is 13. The molecule has 0 aliphatic carbocycles. The van der Waals surface area contributed by atoms with Crippen molar-refractivity contribution in [2.75, 3.05) is 6.61 Å². The minimum absolute atomic E-state index is 0.00575. The van der Waals surface area contributed by atoms with E-state index in [9.17, 15) is 19.8 Å². The van der Waals surface area contributed by atoms with E-state index in [0.29, 0.717) is 32.1 Å². The van der Waals surface area contributed by atoms with Crippen molar-refractivity contribution in [2.24, 2.45) is 17.8 Å². The molecule has 13 fully saturated rings. The smallest absolute Gasteiger partial charge is 0.308 e. The van der Waals surface area contributed by atoms with Crippen LogP contribution in [0.3, 0.4) is 0 Å². The molecule has 12 bridgehead atoms. The van der Waals surface area contributed by atoms with Crippen molar-refractivity contribution in [1.82, 2.24) is 0 Å². The van der Waals surface area contributed by atoms with Gasteiger partial charge in [0.15, 0.2) is 12.1 Å². The van der Waals surface area contributed by atoms with Crippen LogP contribution in [-0.4, -0.2) is 175 Å². The highest BCUT2D eigenvalue weighted by atomic mass is 16.8. The van der Waals surface area contributed by atoms with Crippen LogP contribution in [0.15, 0.2) is 24.3 Å². The molecule has 13 heterocycles. The second-order valence-corrected chi connectivity index (χ2v) is 25.1. The number of Topliss-reactive ketones (excluding diaryl/α,β-unsaturated/α-hetero) is 1. The third-order valence-electron chi connectivity index (χ3n) is 19.8. The summed E-state index contributed by atoms with van der Waals surface area (Å²) in [5.41, 5.74) is 2.10. The van der Waals surface area contributed by atoms with Gasteiger partial charge in [-0.05, 0) is 100 Å². The summed E-state index contributed by atoms with van der Waals surface area (Å²) in [7, 11) is 0. The Hall–Kier alpha value is -1.94. The number of esters is 1. The van der Waals surface area contributed by atoms with E-state index in [-0.39, 0.29) is 135 Å². The van der Waals surface area contributed by atoms with Gasteiger partial charge in [0.25, 0.3) is 0 Å². The zero-order valence-electron chi connectivity index (χ0n) is 44.8. The third kappa shape index (κ3) is 10.9. The Bertz CT molecular complexity index is 2070. The van der Waals surface area contributed by atoms with Gasteiger partial charge in [-0.3, -0.25) is 9.59 Å². The lowest BCUT2D eigenvalue weighted by Gasteiger charge is -2.51. The van der Waals surface area contributed by atoms with Gasteiger partial charge >= 0.3 is 5.97 Å². The molecule has 4 unspecified atom stereocenters. The van der Waals surface area contributed by atoms with Gasteiger partial charge in [-0.15, -0.1) is 0 Å². The average molecular weight is 1060 g/mol. The molecule has 0 saturated carbocycles. The summed E-state index contributed by atoms with van der Waals surface area (Å²) in [4.78, 5) is 28.4. The molecule has 17 heteroatoms. The minimum Gasteiger partial charge on any atom is -0.459 e. The molecule has 0 radical (unpaired) electrons. The summed E-state index contributed by atoms with van der Waals surface area (Å²) in [6.07, 6.45) is 3.99. The minimum atomic E-state index is -0.952. The lowest BCUT2D eigenvalue weighted by atomic mass is 9.79. The molecule has 0 amide bonds. The Labute approximate surface area is 442 Å². The summed E-state index contributed by atoms with van der Waals surface area (Å²) in [5.74, 6) is -1.21. The second kappa shape index (κ2) is 22.2. The van der Waals surface area contributed by atoms with Crippen molar-refractivity contribution in [1.29, 1.82) is 0 Å². The van der Waals surface area contributed by atoms with Crippen LogP contribution in [0.25, 0.3) is 0 Å². The molecule has 2 N–H and O–H groups in total. The van der Waals surface area contributed by atoms with Crippen molar-refractivity contribution in [3.05, 3.63) is 24.3 Å². The van der Waals surface area contributed by atoms with Crippen molar-refractivity contribution in [2.45, 2.75) is 302 Å². The lowest BCUT2D eigenvalue weighted by Crippen LogP contribution is -2.62. The van der Waals surface area contributed by atoms with Crippen LogP contribution in [0, 0.1) is 17.8 Å². The summed E-state index contributed by atoms with van der Waals surface area (Å²) < 4.78 is 87.3. The van der Waals surface area contributed by atoms with E-state index in [1.165, 1.54) is 0 Å². The van der Waals surface area contributed by atoms with Crippen molar-refractivity contribution in [3.8, 4) is 0 Å². The summed E-state index contributed by atoms with van der Waals surface area (Å²) in [6, 6.07) is 0. The van der Waals surface area contributed by atoms with Gasteiger partial charge in [-0.25, -0.2) is 0 Å². The van der Waals surface area contributed by atoms with Gasteiger partial charge in [-0.2, -0.15) is 0 Å². The fraction of sp³-hybridized carbons (Fsp3) is 0.897. The highest BCUT2D eigenvalue weighted by Gasteiger charge is 2.69. The van der Waals surface area contributed by atoms with Crippen LogP contribution in [0.5, 0.6) is 0 Å². The monoisotopic (exact) mass is 1050 g/mol. The maximum absolute atomic E-state index is 14.4. The Kier molecular flexibility index (Phi) is 15.9. The van der Waals surface area contributed by atoms with E-state index in [4.69, 9.17) is 61.6 Å². The molecule has 13 aliphatic heterocycles. The van der Waals surface area contributed by atoms with Crippen molar-refractivity contribution >= 4 is 11.8 Å². The number of carbonyl (C=O) groups excluding carboxylic acids is 2. The molecule has 13 aliphatic rings. The van der Waals surface area contributed by atoms with Gasteiger partial charge in [0.2, 0.25) is 0 Å². The lowest BCUT2D eigenvalue weighted by molar-refractivity contribution is -0.293. The quantitative estimate of drug-likeness (QED) is 0.190. The van der Waals surface area contributed by atoms with Gasteiger partial charge < -0.3 is 71.8 Å². The van der Waals surface area contributed by atoms with E-state index in [0.717, 1.165) is 81.8 Å². The molecule has 0 aromatic heterocycles. The van der Waals surface area contributed by atoms with Crippen molar-refractivity contribution in [3.63, 3.8) is 0 Å². The molecule has 13 saturated heterocycles. The average Bonchev–Trinajstić information content (AvgIpc) is 4.01.